The molecular weight excluding hydrogens is 368 g/mol. The summed E-state index contributed by atoms with van der Waals surface area (Å²) in [5, 5.41) is 33.8. The molecule has 0 fully saturated rings. The normalized spacial score (nSPS) is 10.3. The third-order valence-corrected chi connectivity index (χ3v) is 4.33. The second-order valence-electron chi connectivity index (χ2n) is 6.10. The third-order valence-electron chi connectivity index (χ3n) is 4.33. The molecule has 7 nitrogen and oxygen atoms in total. The van der Waals surface area contributed by atoms with Crippen LogP contribution in [0.4, 0.5) is 0 Å². The van der Waals surface area contributed by atoms with Gasteiger partial charge in [-0.25, -0.2) is 9.48 Å². The van der Waals surface area contributed by atoms with Crippen molar-refractivity contribution in [2.75, 3.05) is 0 Å². The smallest absolute Gasteiger partial charge is 0.349 e. The lowest BCUT2D eigenvalue weighted by atomic mass is 10.1. The maximum atomic E-state index is 12.7. The van der Waals surface area contributed by atoms with Crippen molar-refractivity contribution in [1.82, 2.24) is 9.78 Å². The fraction of sp³-hybridized carbons (Fsp3) is 0. The number of fused-ring (bicyclic) bond motifs is 1. The van der Waals surface area contributed by atoms with Gasteiger partial charge in [0.1, 0.15) is 40.3 Å². The molecule has 0 aliphatic heterocycles. The Morgan fingerprint density at radius 2 is 1.76 bits per heavy atom. The number of nitriles is 2. The van der Waals surface area contributed by atoms with Crippen LogP contribution in [0, 0.1) is 22.7 Å². The minimum atomic E-state index is -0.773. The minimum absolute atomic E-state index is 0.105. The largest absolute Gasteiger partial charge is 0.506 e. The topological polar surface area (TPSA) is 116 Å². The van der Waals surface area contributed by atoms with Crippen LogP contribution >= 0.6 is 0 Å². The van der Waals surface area contributed by atoms with Crippen LogP contribution in [0.25, 0.3) is 34.0 Å². The number of aromatic hydroxyl groups is 1. The zero-order valence-corrected chi connectivity index (χ0v) is 14.9. The van der Waals surface area contributed by atoms with Gasteiger partial charge in [-0.15, -0.1) is 0 Å². The van der Waals surface area contributed by atoms with Gasteiger partial charge in [-0.05, 0) is 30.3 Å². The summed E-state index contributed by atoms with van der Waals surface area (Å²) < 4.78 is 6.84. The van der Waals surface area contributed by atoms with Crippen LogP contribution < -0.4 is 5.63 Å². The lowest BCUT2D eigenvalue weighted by Crippen LogP contribution is -2.05. The fourth-order valence-corrected chi connectivity index (χ4v) is 2.99. The lowest BCUT2D eigenvalue weighted by Gasteiger charge is -2.05. The summed E-state index contributed by atoms with van der Waals surface area (Å²) in [6, 6.07) is 19.3. The van der Waals surface area contributed by atoms with Crippen molar-refractivity contribution >= 4 is 17.0 Å². The maximum absolute atomic E-state index is 12.7. The molecule has 2 aromatic heterocycles. The van der Waals surface area contributed by atoms with Crippen LogP contribution in [-0.2, 0) is 0 Å². The highest BCUT2D eigenvalue weighted by Gasteiger charge is 2.22. The Morgan fingerprint density at radius 1 is 1.07 bits per heavy atom. The number of nitrogens with zero attached hydrogens (tertiary/aromatic N) is 4. The summed E-state index contributed by atoms with van der Waals surface area (Å²) in [7, 11) is 0. The first-order chi connectivity index (χ1) is 14.1. The molecule has 0 atom stereocenters. The zero-order valence-electron chi connectivity index (χ0n) is 14.9. The Labute approximate surface area is 164 Å². The molecule has 0 saturated carbocycles. The Morgan fingerprint density at radius 3 is 2.48 bits per heavy atom. The fourth-order valence-electron chi connectivity index (χ4n) is 2.99. The van der Waals surface area contributed by atoms with E-state index in [9.17, 15) is 9.90 Å². The molecule has 0 amide bonds. The van der Waals surface area contributed by atoms with E-state index < -0.39 is 5.63 Å². The van der Waals surface area contributed by atoms with Crippen molar-refractivity contribution < 1.29 is 9.52 Å². The first-order valence-electron chi connectivity index (χ1n) is 8.54. The third kappa shape index (κ3) is 3.14. The lowest BCUT2D eigenvalue weighted by molar-refractivity contribution is 0.470. The molecular formula is C22H12N4O3. The number of benzene rings is 2. The molecule has 0 aliphatic carbocycles. The van der Waals surface area contributed by atoms with Crippen molar-refractivity contribution in [2.45, 2.75) is 0 Å². The molecule has 4 rings (SSSR count). The van der Waals surface area contributed by atoms with Gasteiger partial charge in [-0.3, -0.25) is 0 Å². The van der Waals surface area contributed by atoms with Crippen molar-refractivity contribution in [3.63, 3.8) is 0 Å². The van der Waals surface area contributed by atoms with Crippen LogP contribution in [-0.4, -0.2) is 14.9 Å². The van der Waals surface area contributed by atoms with E-state index in [1.165, 1.54) is 10.8 Å². The van der Waals surface area contributed by atoms with Crippen LogP contribution in [0.1, 0.15) is 5.56 Å². The molecule has 0 radical (unpaired) electrons. The van der Waals surface area contributed by atoms with E-state index in [1.54, 1.807) is 42.6 Å². The number of hydrogen-bond donors (Lipinski definition) is 1. The van der Waals surface area contributed by atoms with E-state index >= 15 is 0 Å². The number of hydrogen-bond acceptors (Lipinski definition) is 6. The van der Waals surface area contributed by atoms with Gasteiger partial charge in [0, 0.05) is 11.8 Å². The highest BCUT2D eigenvalue weighted by molar-refractivity contribution is 5.91. The molecule has 2 heterocycles. The number of rotatable bonds is 3. The van der Waals surface area contributed by atoms with E-state index in [-0.39, 0.29) is 28.2 Å². The zero-order chi connectivity index (χ0) is 20.4. The average molecular weight is 380 g/mol. The maximum Gasteiger partial charge on any atom is 0.349 e. The van der Waals surface area contributed by atoms with E-state index in [2.05, 4.69) is 5.10 Å². The summed E-state index contributed by atoms with van der Waals surface area (Å²) in [6.07, 6.45) is 2.89. The quantitative estimate of drug-likeness (QED) is 0.427. The SMILES string of the molecule is N#CC(C#N)=Cc1cn(-c2ccccc2)nc1-c1c(O)c2ccccc2oc1=O. The summed E-state index contributed by atoms with van der Waals surface area (Å²) in [5.41, 5.74) is 0.299. The Bertz CT molecular complexity index is 1380. The van der Waals surface area contributed by atoms with Gasteiger partial charge in [0.25, 0.3) is 0 Å². The van der Waals surface area contributed by atoms with Crippen LogP contribution in [0.15, 0.2) is 75.6 Å². The first-order valence-corrected chi connectivity index (χ1v) is 8.54. The molecule has 0 aliphatic rings. The second kappa shape index (κ2) is 7.18. The Hall–Kier alpha value is -4.62. The molecule has 0 bridgehead atoms. The molecule has 2 aromatic carbocycles. The monoisotopic (exact) mass is 380 g/mol. The Balaban J connectivity index is 2.03. The summed E-state index contributed by atoms with van der Waals surface area (Å²) in [6.45, 7) is 0. The highest BCUT2D eigenvalue weighted by atomic mass is 16.4. The number of para-hydroxylation sites is 2. The van der Waals surface area contributed by atoms with Gasteiger partial charge in [-0.2, -0.15) is 15.6 Å². The summed E-state index contributed by atoms with van der Waals surface area (Å²) in [5.74, 6) is -0.278. The van der Waals surface area contributed by atoms with Gasteiger partial charge in [0.05, 0.1) is 11.1 Å². The molecule has 29 heavy (non-hydrogen) atoms. The van der Waals surface area contributed by atoms with Crippen LogP contribution in [0.3, 0.4) is 0 Å². The number of aromatic nitrogens is 2. The van der Waals surface area contributed by atoms with E-state index in [4.69, 9.17) is 14.9 Å². The van der Waals surface area contributed by atoms with Gasteiger partial charge in [0.15, 0.2) is 0 Å². The highest BCUT2D eigenvalue weighted by Crippen LogP contribution is 2.34. The summed E-state index contributed by atoms with van der Waals surface area (Å²) >= 11 is 0. The molecule has 0 spiro atoms. The average Bonchev–Trinajstić information content (AvgIpc) is 3.16. The van der Waals surface area contributed by atoms with Crippen LogP contribution in [0.2, 0.25) is 0 Å². The molecule has 138 valence electrons. The van der Waals surface area contributed by atoms with Crippen molar-refractivity contribution in [3.8, 4) is 34.8 Å². The standard InChI is InChI=1S/C22H12N4O3/c23-11-14(12-24)10-15-13-26(16-6-2-1-3-7-16)25-20(15)19-21(27)17-8-4-5-9-18(17)29-22(19)28/h1-10,13,27H. The predicted octanol–water partition coefficient (Wildman–Crippen LogP) is 3.78. The van der Waals surface area contributed by atoms with Gasteiger partial charge >= 0.3 is 5.63 Å². The van der Waals surface area contributed by atoms with E-state index in [0.29, 0.717) is 16.6 Å². The molecule has 1 N–H and O–H groups in total. The first kappa shape index (κ1) is 17.8. The van der Waals surface area contributed by atoms with Crippen molar-refractivity contribution in [3.05, 3.63) is 82.4 Å². The van der Waals surface area contributed by atoms with Crippen molar-refractivity contribution in [1.29, 1.82) is 10.5 Å². The molecule has 7 heteroatoms. The van der Waals surface area contributed by atoms with Crippen molar-refractivity contribution in [2.24, 2.45) is 0 Å². The molecule has 0 saturated heterocycles. The van der Waals surface area contributed by atoms with E-state index in [1.807, 2.05) is 30.3 Å². The number of allylic oxidation sites excluding steroid dienone is 1. The van der Waals surface area contributed by atoms with Gasteiger partial charge in [-0.1, -0.05) is 30.3 Å². The van der Waals surface area contributed by atoms with Gasteiger partial charge in [0.2, 0.25) is 0 Å². The van der Waals surface area contributed by atoms with E-state index in [0.717, 1.165) is 0 Å². The molecule has 4 aromatic rings. The predicted molar refractivity (Wildman–Crippen MR) is 106 cm³/mol. The minimum Gasteiger partial charge on any atom is -0.506 e. The summed E-state index contributed by atoms with van der Waals surface area (Å²) in [4.78, 5) is 12.7. The second-order valence-corrected chi connectivity index (χ2v) is 6.10. The van der Waals surface area contributed by atoms with Crippen LogP contribution in [0.5, 0.6) is 5.75 Å². The Kier molecular flexibility index (Phi) is 4.40. The molecule has 0 unspecified atom stereocenters. The van der Waals surface area contributed by atoms with Gasteiger partial charge < -0.3 is 9.52 Å².